The van der Waals surface area contributed by atoms with E-state index in [1.165, 1.54) is 0 Å². The highest BCUT2D eigenvalue weighted by Gasteiger charge is 2.34. The van der Waals surface area contributed by atoms with Gasteiger partial charge >= 0.3 is 0 Å². The van der Waals surface area contributed by atoms with Crippen LogP contribution in [0.25, 0.3) is 0 Å². The maximum Gasteiger partial charge on any atom is 0.223 e. The predicted octanol–water partition coefficient (Wildman–Crippen LogP) is 3.83. The molecule has 1 aromatic carbocycles. The number of hydrogen-bond donors (Lipinski definition) is 1. The number of rotatable bonds is 5. The maximum atomic E-state index is 12.7. The SMILES string of the molecule is CC(CC(=O)N(Cc1ccc(N)cc1)C1CC1)C(C)(C)C. The summed E-state index contributed by atoms with van der Waals surface area (Å²) in [5.74, 6) is 0.675. The molecule has 2 N–H and O–H groups in total. The third-order valence-electron chi connectivity index (χ3n) is 4.60. The largest absolute Gasteiger partial charge is 0.399 e. The van der Waals surface area contributed by atoms with Crippen molar-refractivity contribution in [1.29, 1.82) is 0 Å². The van der Waals surface area contributed by atoms with Crippen LogP contribution < -0.4 is 5.73 Å². The van der Waals surface area contributed by atoms with Crippen molar-refractivity contribution in [2.45, 2.75) is 59.5 Å². The van der Waals surface area contributed by atoms with Crippen molar-refractivity contribution < 1.29 is 4.79 Å². The Hall–Kier alpha value is -1.51. The zero-order valence-corrected chi connectivity index (χ0v) is 13.7. The normalized spacial score (nSPS) is 16.6. The Morgan fingerprint density at radius 1 is 1.29 bits per heavy atom. The Bertz CT molecular complexity index is 483. The van der Waals surface area contributed by atoms with Gasteiger partial charge in [0.25, 0.3) is 0 Å². The number of nitrogen functional groups attached to an aromatic ring is 1. The number of anilines is 1. The van der Waals surface area contributed by atoms with E-state index in [1.54, 1.807) is 0 Å². The number of hydrogen-bond acceptors (Lipinski definition) is 2. The van der Waals surface area contributed by atoms with E-state index in [-0.39, 0.29) is 11.3 Å². The molecular formula is C18H28N2O. The molecule has 116 valence electrons. The molecule has 0 heterocycles. The van der Waals surface area contributed by atoms with E-state index in [9.17, 15) is 4.79 Å². The molecule has 1 aromatic rings. The first-order valence-corrected chi connectivity index (χ1v) is 7.91. The van der Waals surface area contributed by atoms with Gasteiger partial charge < -0.3 is 10.6 Å². The average molecular weight is 288 g/mol. The molecule has 0 saturated heterocycles. The average Bonchev–Trinajstić information content (AvgIpc) is 3.21. The lowest BCUT2D eigenvalue weighted by Crippen LogP contribution is -2.35. The topological polar surface area (TPSA) is 46.3 Å². The molecule has 0 radical (unpaired) electrons. The van der Waals surface area contributed by atoms with E-state index in [1.807, 2.05) is 24.3 Å². The van der Waals surface area contributed by atoms with Crippen molar-refractivity contribution in [3.8, 4) is 0 Å². The van der Waals surface area contributed by atoms with Crippen molar-refractivity contribution in [3.05, 3.63) is 29.8 Å². The molecule has 1 atom stereocenters. The van der Waals surface area contributed by atoms with E-state index in [4.69, 9.17) is 5.73 Å². The molecule has 3 heteroatoms. The number of nitrogens with two attached hydrogens (primary N) is 1. The summed E-state index contributed by atoms with van der Waals surface area (Å²) in [5.41, 5.74) is 7.82. The lowest BCUT2D eigenvalue weighted by atomic mass is 9.80. The molecular weight excluding hydrogens is 260 g/mol. The minimum Gasteiger partial charge on any atom is -0.399 e. The Kier molecular flexibility index (Phi) is 4.60. The number of nitrogens with zero attached hydrogens (tertiary/aromatic N) is 1. The first kappa shape index (κ1) is 15.9. The fraction of sp³-hybridized carbons (Fsp3) is 0.611. The summed E-state index contributed by atoms with van der Waals surface area (Å²) in [6.07, 6.45) is 2.92. The molecule has 0 spiro atoms. The summed E-state index contributed by atoms with van der Waals surface area (Å²) in [6, 6.07) is 8.30. The molecule has 1 aliphatic carbocycles. The zero-order chi connectivity index (χ0) is 15.6. The van der Waals surface area contributed by atoms with Gasteiger partial charge in [0.2, 0.25) is 5.91 Å². The molecule has 0 aromatic heterocycles. The van der Waals surface area contributed by atoms with E-state index >= 15 is 0 Å². The Labute approximate surface area is 128 Å². The molecule has 0 bridgehead atoms. The summed E-state index contributed by atoms with van der Waals surface area (Å²) in [4.78, 5) is 14.7. The molecule has 21 heavy (non-hydrogen) atoms. The quantitative estimate of drug-likeness (QED) is 0.837. The predicted molar refractivity (Wildman–Crippen MR) is 87.7 cm³/mol. The van der Waals surface area contributed by atoms with Crippen LogP contribution in [0.2, 0.25) is 0 Å². The minimum atomic E-state index is 0.173. The standard InChI is InChI=1S/C18H28N2O/c1-13(18(2,3)4)11-17(21)20(16-9-10-16)12-14-5-7-15(19)8-6-14/h5-8,13,16H,9-12,19H2,1-4H3. The highest BCUT2D eigenvalue weighted by atomic mass is 16.2. The van der Waals surface area contributed by atoms with Gasteiger partial charge in [0, 0.05) is 24.7 Å². The van der Waals surface area contributed by atoms with Crippen molar-refractivity contribution >= 4 is 11.6 Å². The van der Waals surface area contributed by atoms with Crippen molar-refractivity contribution in [2.24, 2.45) is 11.3 Å². The molecule has 1 saturated carbocycles. The van der Waals surface area contributed by atoms with E-state index < -0.39 is 0 Å². The second-order valence-electron chi connectivity index (χ2n) is 7.47. The maximum absolute atomic E-state index is 12.7. The van der Waals surface area contributed by atoms with Gasteiger partial charge in [0.05, 0.1) is 0 Å². The van der Waals surface area contributed by atoms with Crippen LogP contribution in [0.3, 0.4) is 0 Å². The van der Waals surface area contributed by atoms with Gasteiger partial charge in [0.1, 0.15) is 0 Å². The van der Waals surface area contributed by atoms with Crippen LogP contribution in [0.1, 0.15) is 52.5 Å². The molecule has 0 aliphatic heterocycles. The van der Waals surface area contributed by atoms with Crippen LogP contribution in [0, 0.1) is 11.3 Å². The summed E-state index contributed by atoms with van der Waals surface area (Å²) < 4.78 is 0. The second kappa shape index (κ2) is 6.08. The highest BCUT2D eigenvalue weighted by Crippen LogP contribution is 2.33. The first-order chi connectivity index (χ1) is 9.77. The number of benzene rings is 1. The second-order valence-corrected chi connectivity index (χ2v) is 7.47. The van der Waals surface area contributed by atoms with Gasteiger partial charge in [-0.15, -0.1) is 0 Å². The van der Waals surface area contributed by atoms with Crippen LogP contribution in [0.4, 0.5) is 5.69 Å². The Morgan fingerprint density at radius 2 is 1.86 bits per heavy atom. The molecule has 3 nitrogen and oxygen atoms in total. The molecule has 1 unspecified atom stereocenters. The summed E-state index contributed by atoms with van der Waals surface area (Å²) in [7, 11) is 0. The Morgan fingerprint density at radius 3 is 2.33 bits per heavy atom. The van der Waals surface area contributed by atoms with E-state index in [0.29, 0.717) is 24.9 Å². The third-order valence-corrected chi connectivity index (χ3v) is 4.60. The monoisotopic (exact) mass is 288 g/mol. The molecule has 1 fully saturated rings. The van der Waals surface area contributed by atoms with Crippen LogP contribution in [0.5, 0.6) is 0 Å². The smallest absolute Gasteiger partial charge is 0.223 e. The van der Waals surface area contributed by atoms with Gasteiger partial charge in [0.15, 0.2) is 0 Å². The van der Waals surface area contributed by atoms with Gasteiger partial charge in [-0.05, 0) is 41.9 Å². The lowest BCUT2D eigenvalue weighted by molar-refractivity contribution is -0.134. The highest BCUT2D eigenvalue weighted by molar-refractivity contribution is 5.77. The van der Waals surface area contributed by atoms with Gasteiger partial charge in [-0.25, -0.2) is 0 Å². The van der Waals surface area contributed by atoms with Gasteiger partial charge in [-0.3, -0.25) is 4.79 Å². The van der Waals surface area contributed by atoms with Crippen molar-refractivity contribution in [1.82, 2.24) is 4.90 Å². The summed E-state index contributed by atoms with van der Waals surface area (Å²) in [6.45, 7) is 9.48. The minimum absolute atomic E-state index is 0.173. The zero-order valence-electron chi connectivity index (χ0n) is 13.7. The van der Waals surface area contributed by atoms with Crippen molar-refractivity contribution in [2.75, 3.05) is 5.73 Å². The lowest BCUT2D eigenvalue weighted by Gasteiger charge is -2.30. The number of amides is 1. The van der Waals surface area contributed by atoms with E-state index in [2.05, 4.69) is 32.6 Å². The summed E-state index contributed by atoms with van der Waals surface area (Å²) in [5, 5.41) is 0. The van der Waals surface area contributed by atoms with Gasteiger partial charge in [-0.2, -0.15) is 0 Å². The fourth-order valence-electron chi connectivity index (χ4n) is 2.31. The van der Waals surface area contributed by atoms with Crippen molar-refractivity contribution in [3.63, 3.8) is 0 Å². The molecule has 2 rings (SSSR count). The van der Waals surface area contributed by atoms with Gasteiger partial charge in [-0.1, -0.05) is 39.8 Å². The van der Waals surface area contributed by atoms with Crippen LogP contribution in [-0.4, -0.2) is 16.8 Å². The molecule has 1 amide bonds. The first-order valence-electron chi connectivity index (χ1n) is 7.91. The third kappa shape index (κ3) is 4.48. The Balaban J connectivity index is 2.02. The molecule has 1 aliphatic rings. The van der Waals surface area contributed by atoms with Crippen LogP contribution in [0.15, 0.2) is 24.3 Å². The fourth-order valence-corrected chi connectivity index (χ4v) is 2.31. The summed E-state index contributed by atoms with van der Waals surface area (Å²) >= 11 is 0. The van der Waals surface area contributed by atoms with Crippen LogP contribution in [-0.2, 0) is 11.3 Å². The van der Waals surface area contributed by atoms with E-state index in [0.717, 1.165) is 24.1 Å². The number of carbonyl (C=O) groups is 1. The number of carbonyl (C=O) groups excluding carboxylic acids is 1. The van der Waals surface area contributed by atoms with Crippen LogP contribution >= 0.6 is 0 Å².